The smallest absolute Gasteiger partial charge is 0.323 e. The van der Waals surface area contributed by atoms with Crippen LogP contribution in [0.5, 0.6) is 0 Å². The summed E-state index contributed by atoms with van der Waals surface area (Å²) in [5.74, 6) is -0.0342. The van der Waals surface area contributed by atoms with Gasteiger partial charge in [0.05, 0.1) is 11.4 Å². The zero-order valence-corrected chi connectivity index (χ0v) is 18.3. The highest BCUT2D eigenvalue weighted by atomic mass is 16.2. The first-order valence-corrected chi connectivity index (χ1v) is 11.3. The van der Waals surface area contributed by atoms with Gasteiger partial charge in [-0.3, -0.25) is 14.5 Å². The number of hydrogen-bond donors (Lipinski definition) is 3. The summed E-state index contributed by atoms with van der Waals surface area (Å²) in [7, 11) is 0. The van der Waals surface area contributed by atoms with Crippen molar-refractivity contribution in [3.8, 4) is 0 Å². The Morgan fingerprint density at radius 3 is 2.56 bits per heavy atom. The first-order chi connectivity index (χ1) is 15.5. The van der Waals surface area contributed by atoms with E-state index in [4.69, 9.17) is 0 Å². The normalized spacial score (nSPS) is 21.2. The van der Waals surface area contributed by atoms with Gasteiger partial charge in [-0.25, -0.2) is 4.79 Å². The molecular formula is C25H30N4O3. The predicted molar refractivity (Wildman–Crippen MR) is 124 cm³/mol. The van der Waals surface area contributed by atoms with E-state index in [2.05, 4.69) is 22.9 Å². The molecule has 2 aromatic rings. The lowest BCUT2D eigenvalue weighted by Gasteiger charge is -2.33. The molecule has 1 saturated carbocycles. The molecule has 1 aliphatic heterocycles. The van der Waals surface area contributed by atoms with Crippen LogP contribution in [-0.4, -0.2) is 36.5 Å². The Kier molecular flexibility index (Phi) is 6.73. The molecule has 1 heterocycles. The van der Waals surface area contributed by atoms with E-state index in [1.54, 1.807) is 18.2 Å². The van der Waals surface area contributed by atoms with Crippen LogP contribution < -0.4 is 20.9 Å². The van der Waals surface area contributed by atoms with Crippen molar-refractivity contribution in [2.24, 2.45) is 5.92 Å². The van der Waals surface area contributed by atoms with Crippen molar-refractivity contribution in [1.29, 1.82) is 0 Å². The summed E-state index contributed by atoms with van der Waals surface area (Å²) < 4.78 is 0. The third kappa shape index (κ3) is 5.10. The van der Waals surface area contributed by atoms with Crippen LogP contribution in [0.4, 0.5) is 16.2 Å². The largest absolute Gasteiger partial charge is 0.351 e. The maximum Gasteiger partial charge on any atom is 0.323 e. The number of benzene rings is 2. The van der Waals surface area contributed by atoms with E-state index in [1.165, 1.54) is 11.3 Å². The summed E-state index contributed by atoms with van der Waals surface area (Å²) in [6.45, 7) is 2.07. The molecule has 0 aromatic heterocycles. The number of nitrogens with zero attached hydrogens (tertiary/aromatic N) is 1. The number of amides is 4. The van der Waals surface area contributed by atoms with Gasteiger partial charge in [-0.1, -0.05) is 62.2 Å². The molecule has 0 saturated heterocycles. The lowest BCUT2D eigenvalue weighted by atomic mass is 9.85. The van der Waals surface area contributed by atoms with Crippen molar-refractivity contribution in [3.05, 3.63) is 60.2 Å². The monoisotopic (exact) mass is 434 g/mol. The van der Waals surface area contributed by atoms with E-state index >= 15 is 0 Å². The fourth-order valence-corrected chi connectivity index (χ4v) is 4.51. The van der Waals surface area contributed by atoms with E-state index in [-0.39, 0.29) is 24.4 Å². The van der Waals surface area contributed by atoms with E-state index < -0.39 is 12.1 Å². The molecule has 2 aliphatic rings. The molecule has 4 amide bonds. The van der Waals surface area contributed by atoms with Crippen LogP contribution in [0.3, 0.4) is 0 Å². The molecule has 4 rings (SSSR count). The van der Waals surface area contributed by atoms with Crippen LogP contribution in [-0.2, 0) is 16.0 Å². The number of hydrogen-bond acceptors (Lipinski definition) is 3. The zero-order chi connectivity index (χ0) is 22.5. The van der Waals surface area contributed by atoms with Crippen LogP contribution in [0.15, 0.2) is 54.6 Å². The van der Waals surface area contributed by atoms with Gasteiger partial charge < -0.3 is 16.0 Å². The molecule has 2 aromatic carbocycles. The molecule has 7 heteroatoms. The summed E-state index contributed by atoms with van der Waals surface area (Å²) in [4.78, 5) is 40.0. The van der Waals surface area contributed by atoms with Gasteiger partial charge in [-0.2, -0.15) is 0 Å². The van der Waals surface area contributed by atoms with Crippen LogP contribution in [0, 0.1) is 5.92 Å². The molecule has 0 bridgehead atoms. The zero-order valence-electron chi connectivity index (χ0n) is 18.3. The average Bonchev–Trinajstić information content (AvgIpc) is 2.80. The van der Waals surface area contributed by atoms with Gasteiger partial charge in [0.1, 0.15) is 12.6 Å². The van der Waals surface area contributed by atoms with Gasteiger partial charge in [-0.05, 0) is 36.5 Å². The second-order valence-electron chi connectivity index (χ2n) is 8.72. The molecule has 1 aliphatic carbocycles. The van der Waals surface area contributed by atoms with Gasteiger partial charge >= 0.3 is 6.03 Å². The van der Waals surface area contributed by atoms with Crippen molar-refractivity contribution in [3.63, 3.8) is 0 Å². The minimum absolute atomic E-state index is 0.0951. The van der Waals surface area contributed by atoms with Gasteiger partial charge in [0.25, 0.3) is 0 Å². The van der Waals surface area contributed by atoms with Crippen molar-refractivity contribution >= 4 is 29.2 Å². The number of anilines is 2. The highest BCUT2D eigenvalue weighted by Gasteiger charge is 2.31. The first-order valence-electron chi connectivity index (χ1n) is 11.3. The maximum absolute atomic E-state index is 13.3. The Morgan fingerprint density at radius 1 is 1.06 bits per heavy atom. The van der Waals surface area contributed by atoms with Crippen LogP contribution >= 0.6 is 0 Å². The number of nitrogens with one attached hydrogen (secondary N) is 3. The second-order valence-corrected chi connectivity index (χ2v) is 8.72. The molecule has 168 valence electrons. The van der Waals surface area contributed by atoms with Crippen molar-refractivity contribution < 1.29 is 14.4 Å². The first kappa shape index (κ1) is 21.9. The number of carbonyl (C=O) groups is 3. The molecule has 0 unspecified atom stereocenters. The number of urea groups is 1. The second kappa shape index (κ2) is 9.85. The Labute approximate surface area is 188 Å². The number of para-hydroxylation sites is 2. The molecule has 3 atom stereocenters. The number of rotatable bonds is 5. The molecular weight excluding hydrogens is 404 g/mol. The minimum atomic E-state index is -0.740. The fraction of sp³-hybridized carbons (Fsp3) is 0.400. The van der Waals surface area contributed by atoms with Crippen LogP contribution in [0.1, 0.15) is 38.2 Å². The molecule has 0 radical (unpaired) electrons. The third-order valence-corrected chi connectivity index (χ3v) is 6.35. The quantitative estimate of drug-likeness (QED) is 0.673. The van der Waals surface area contributed by atoms with Crippen LogP contribution in [0.25, 0.3) is 0 Å². The van der Waals surface area contributed by atoms with E-state index in [0.717, 1.165) is 24.8 Å². The summed E-state index contributed by atoms with van der Waals surface area (Å²) in [6.07, 6.45) is 4.72. The van der Waals surface area contributed by atoms with E-state index in [0.29, 0.717) is 23.7 Å². The Balaban J connectivity index is 1.52. The minimum Gasteiger partial charge on any atom is -0.351 e. The Bertz CT molecular complexity index is 978. The highest BCUT2D eigenvalue weighted by molar-refractivity contribution is 6.10. The molecule has 7 nitrogen and oxygen atoms in total. The lowest BCUT2D eigenvalue weighted by molar-refractivity contribution is -0.124. The maximum atomic E-state index is 13.3. The topological polar surface area (TPSA) is 90.5 Å². The lowest BCUT2D eigenvalue weighted by Crippen LogP contribution is -2.56. The summed E-state index contributed by atoms with van der Waals surface area (Å²) in [6, 6.07) is 15.7. The summed E-state index contributed by atoms with van der Waals surface area (Å²) in [5.41, 5.74) is 2.16. The molecule has 32 heavy (non-hydrogen) atoms. The average molecular weight is 435 g/mol. The van der Waals surface area contributed by atoms with E-state index in [1.807, 2.05) is 36.4 Å². The van der Waals surface area contributed by atoms with Crippen molar-refractivity contribution in [1.82, 2.24) is 10.6 Å². The van der Waals surface area contributed by atoms with Gasteiger partial charge in [0, 0.05) is 12.5 Å². The standard InChI is InChI=1S/C25H30N4O3/c1-17-9-5-6-12-19(17)27-24(31)21(15-18-10-3-2-4-11-18)28-25(32)29-16-23(30)26-20-13-7-8-14-22(20)29/h2-4,7-8,10-11,13-14,17,19,21H,5-6,9,12,15-16H2,1H3,(H,26,30)(H,27,31)(H,28,32)/t17-,19+,21-/m0/s1. The molecule has 1 fully saturated rings. The summed E-state index contributed by atoms with van der Waals surface area (Å²) in [5, 5.41) is 8.85. The SMILES string of the molecule is C[C@H]1CCCC[C@H]1NC(=O)[C@H](Cc1ccccc1)NC(=O)N1CC(=O)Nc2ccccc21. The van der Waals surface area contributed by atoms with Gasteiger partial charge in [-0.15, -0.1) is 0 Å². The Morgan fingerprint density at radius 2 is 1.78 bits per heavy atom. The number of carbonyl (C=O) groups excluding carboxylic acids is 3. The van der Waals surface area contributed by atoms with Crippen molar-refractivity contribution in [2.75, 3.05) is 16.8 Å². The van der Waals surface area contributed by atoms with Gasteiger partial charge in [0.15, 0.2) is 0 Å². The van der Waals surface area contributed by atoms with Crippen LogP contribution in [0.2, 0.25) is 0 Å². The Hall–Kier alpha value is -3.35. The van der Waals surface area contributed by atoms with Crippen molar-refractivity contribution in [2.45, 2.75) is 51.1 Å². The predicted octanol–water partition coefficient (Wildman–Crippen LogP) is 3.46. The highest BCUT2D eigenvalue weighted by Crippen LogP contribution is 2.29. The number of fused-ring (bicyclic) bond motifs is 1. The third-order valence-electron chi connectivity index (χ3n) is 6.35. The summed E-state index contributed by atoms with van der Waals surface area (Å²) >= 11 is 0. The molecule has 3 N–H and O–H groups in total. The van der Waals surface area contributed by atoms with Gasteiger partial charge in [0.2, 0.25) is 11.8 Å². The molecule has 0 spiro atoms. The fourth-order valence-electron chi connectivity index (χ4n) is 4.51. The van der Waals surface area contributed by atoms with E-state index in [9.17, 15) is 14.4 Å².